The lowest BCUT2D eigenvalue weighted by molar-refractivity contribution is -0.0183. The summed E-state index contributed by atoms with van der Waals surface area (Å²) in [6.07, 6.45) is 1.91. The van der Waals surface area contributed by atoms with E-state index in [1.165, 1.54) is 0 Å². The van der Waals surface area contributed by atoms with Crippen LogP contribution in [0.3, 0.4) is 0 Å². The molecule has 4 heteroatoms. The molecule has 2 N–H and O–H groups in total. The molecule has 0 amide bonds. The second kappa shape index (κ2) is 7.46. The van der Waals surface area contributed by atoms with Crippen LogP contribution < -0.4 is 4.74 Å². The van der Waals surface area contributed by atoms with E-state index in [1.807, 2.05) is 31.2 Å². The summed E-state index contributed by atoms with van der Waals surface area (Å²) in [5.41, 5.74) is 0.300. The summed E-state index contributed by atoms with van der Waals surface area (Å²) in [5.74, 6) is 6.27. The van der Waals surface area contributed by atoms with Gasteiger partial charge in [0.25, 0.3) is 0 Å². The molecule has 1 aliphatic heterocycles. The Hall–Kier alpha value is -1.54. The average molecular weight is 289 g/mol. The number of ether oxygens (including phenoxy) is 1. The number of rotatable bonds is 4. The maximum absolute atomic E-state index is 10.0. The Morgan fingerprint density at radius 1 is 1.33 bits per heavy atom. The van der Waals surface area contributed by atoms with Crippen LogP contribution in [0.2, 0.25) is 0 Å². The minimum absolute atomic E-state index is 0.127. The molecule has 21 heavy (non-hydrogen) atoms. The molecular formula is C17H23NO3. The number of hydrogen-bond donors (Lipinski definition) is 2. The van der Waals surface area contributed by atoms with E-state index in [-0.39, 0.29) is 6.61 Å². The van der Waals surface area contributed by atoms with Crippen LogP contribution in [-0.4, -0.2) is 53.6 Å². The molecule has 1 unspecified atom stereocenters. The summed E-state index contributed by atoms with van der Waals surface area (Å²) in [5, 5.41) is 18.7. The molecule has 1 atom stereocenters. The van der Waals surface area contributed by atoms with Crippen molar-refractivity contribution in [2.24, 2.45) is 0 Å². The van der Waals surface area contributed by atoms with Crippen LogP contribution in [-0.2, 0) is 0 Å². The molecule has 0 radical (unpaired) electrons. The number of benzene rings is 1. The number of piperidine rings is 1. The van der Waals surface area contributed by atoms with Crippen molar-refractivity contribution in [3.63, 3.8) is 0 Å². The molecule has 1 aliphatic rings. The standard InChI is InChI=1S/C17H23NO3/c1-17(20)9-3-10-18(14-17)11-13-21-16-7-5-15(6-8-16)4-2-12-19/h5-8,19-20H,3,9-14H2,1H3. The topological polar surface area (TPSA) is 52.9 Å². The van der Waals surface area contributed by atoms with Gasteiger partial charge in [0.05, 0.1) is 5.60 Å². The predicted octanol–water partition coefficient (Wildman–Crippen LogP) is 1.26. The fourth-order valence-corrected chi connectivity index (χ4v) is 2.58. The molecule has 1 fully saturated rings. The van der Waals surface area contributed by atoms with Crippen LogP contribution >= 0.6 is 0 Å². The zero-order valence-corrected chi connectivity index (χ0v) is 12.5. The number of likely N-dealkylation sites (tertiary alicyclic amines) is 1. The van der Waals surface area contributed by atoms with Crippen molar-refractivity contribution < 1.29 is 14.9 Å². The van der Waals surface area contributed by atoms with Crippen molar-refractivity contribution in [1.29, 1.82) is 0 Å². The first-order chi connectivity index (χ1) is 10.1. The van der Waals surface area contributed by atoms with E-state index in [4.69, 9.17) is 9.84 Å². The summed E-state index contributed by atoms with van der Waals surface area (Å²) in [4.78, 5) is 2.24. The second-order valence-corrected chi connectivity index (χ2v) is 5.71. The molecule has 0 spiro atoms. The highest BCUT2D eigenvalue weighted by Crippen LogP contribution is 2.20. The summed E-state index contributed by atoms with van der Waals surface area (Å²) in [6.45, 7) is 4.94. The van der Waals surface area contributed by atoms with Crippen LogP contribution in [0, 0.1) is 11.8 Å². The van der Waals surface area contributed by atoms with E-state index in [1.54, 1.807) is 0 Å². The van der Waals surface area contributed by atoms with Crippen molar-refractivity contribution in [3.8, 4) is 17.6 Å². The zero-order valence-electron chi connectivity index (χ0n) is 12.5. The van der Waals surface area contributed by atoms with Gasteiger partial charge in [0, 0.05) is 18.7 Å². The van der Waals surface area contributed by atoms with Gasteiger partial charge in [-0.1, -0.05) is 11.8 Å². The lowest BCUT2D eigenvalue weighted by Crippen LogP contribution is -2.47. The third kappa shape index (κ3) is 5.39. The third-order valence-corrected chi connectivity index (χ3v) is 3.60. The van der Waals surface area contributed by atoms with E-state index >= 15 is 0 Å². The van der Waals surface area contributed by atoms with E-state index in [2.05, 4.69) is 16.7 Å². The van der Waals surface area contributed by atoms with Gasteiger partial charge in [-0.15, -0.1) is 0 Å². The van der Waals surface area contributed by atoms with Crippen LogP contribution in [0.25, 0.3) is 0 Å². The van der Waals surface area contributed by atoms with Crippen LogP contribution in [0.5, 0.6) is 5.75 Å². The van der Waals surface area contributed by atoms with Crippen molar-refractivity contribution in [2.45, 2.75) is 25.4 Å². The highest BCUT2D eigenvalue weighted by Gasteiger charge is 2.27. The first-order valence-corrected chi connectivity index (χ1v) is 7.36. The molecule has 0 aliphatic carbocycles. The summed E-state index contributed by atoms with van der Waals surface area (Å²) < 4.78 is 5.72. The molecule has 1 aromatic rings. The summed E-state index contributed by atoms with van der Waals surface area (Å²) >= 11 is 0. The molecule has 0 aromatic heterocycles. The van der Waals surface area contributed by atoms with Gasteiger partial charge in [-0.3, -0.25) is 4.90 Å². The first-order valence-electron chi connectivity index (χ1n) is 7.36. The van der Waals surface area contributed by atoms with E-state index in [0.717, 1.165) is 37.2 Å². The number of nitrogens with zero attached hydrogens (tertiary/aromatic N) is 1. The fraction of sp³-hybridized carbons (Fsp3) is 0.529. The number of hydrogen-bond acceptors (Lipinski definition) is 4. The van der Waals surface area contributed by atoms with Gasteiger partial charge in [-0.05, 0) is 50.6 Å². The van der Waals surface area contributed by atoms with Gasteiger partial charge < -0.3 is 14.9 Å². The van der Waals surface area contributed by atoms with Gasteiger partial charge in [-0.2, -0.15) is 0 Å². The molecule has 1 saturated heterocycles. The average Bonchev–Trinajstić information content (AvgIpc) is 2.45. The minimum Gasteiger partial charge on any atom is -0.492 e. The first kappa shape index (κ1) is 15.8. The highest BCUT2D eigenvalue weighted by molar-refractivity contribution is 5.38. The Morgan fingerprint density at radius 3 is 2.76 bits per heavy atom. The Balaban J connectivity index is 1.75. The lowest BCUT2D eigenvalue weighted by atomic mass is 9.95. The molecule has 1 heterocycles. The van der Waals surface area contributed by atoms with Crippen molar-refractivity contribution >= 4 is 0 Å². The normalized spacial score (nSPS) is 22.4. The van der Waals surface area contributed by atoms with E-state index in [0.29, 0.717) is 13.2 Å². The largest absolute Gasteiger partial charge is 0.492 e. The zero-order chi connectivity index (χ0) is 15.1. The monoisotopic (exact) mass is 289 g/mol. The highest BCUT2D eigenvalue weighted by atomic mass is 16.5. The maximum atomic E-state index is 10.0. The third-order valence-electron chi connectivity index (χ3n) is 3.60. The van der Waals surface area contributed by atoms with Gasteiger partial charge in [0.15, 0.2) is 0 Å². The molecule has 0 bridgehead atoms. The van der Waals surface area contributed by atoms with Crippen LogP contribution in [0.1, 0.15) is 25.3 Å². The van der Waals surface area contributed by atoms with Gasteiger partial charge in [0.2, 0.25) is 0 Å². The summed E-state index contributed by atoms with van der Waals surface area (Å²) in [6, 6.07) is 7.52. The Labute approximate surface area is 126 Å². The molecule has 0 saturated carbocycles. The van der Waals surface area contributed by atoms with Crippen LogP contribution in [0.15, 0.2) is 24.3 Å². The summed E-state index contributed by atoms with van der Waals surface area (Å²) in [7, 11) is 0. The smallest absolute Gasteiger partial charge is 0.119 e. The van der Waals surface area contributed by atoms with E-state index < -0.39 is 5.60 Å². The van der Waals surface area contributed by atoms with Crippen molar-refractivity contribution in [2.75, 3.05) is 32.8 Å². The second-order valence-electron chi connectivity index (χ2n) is 5.71. The number of β-amino-alcohol motifs (C(OH)–C–C–N with tert-alkyl or cyclic N) is 1. The molecule has 4 nitrogen and oxygen atoms in total. The molecule has 114 valence electrons. The number of aliphatic hydroxyl groups excluding tert-OH is 1. The van der Waals surface area contributed by atoms with Gasteiger partial charge in [0.1, 0.15) is 19.0 Å². The maximum Gasteiger partial charge on any atom is 0.119 e. The van der Waals surface area contributed by atoms with E-state index in [9.17, 15) is 5.11 Å². The Morgan fingerprint density at radius 2 is 2.10 bits per heavy atom. The predicted molar refractivity (Wildman–Crippen MR) is 82.2 cm³/mol. The van der Waals surface area contributed by atoms with Crippen molar-refractivity contribution in [1.82, 2.24) is 4.90 Å². The van der Waals surface area contributed by atoms with Crippen LogP contribution in [0.4, 0.5) is 0 Å². The Kier molecular flexibility index (Phi) is 5.63. The fourth-order valence-electron chi connectivity index (χ4n) is 2.58. The molecule has 1 aromatic carbocycles. The van der Waals surface area contributed by atoms with Gasteiger partial charge >= 0.3 is 0 Å². The molecule has 2 rings (SSSR count). The number of aliphatic hydroxyl groups is 2. The quantitative estimate of drug-likeness (QED) is 0.819. The van der Waals surface area contributed by atoms with Gasteiger partial charge in [-0.25, -0.2) is 0 Å². The molecular weight excluding hydrogens is 266 g/mol. The SMILES string of the molecule is CC1(O)CCCN(CCOc2ccc(C#CCO)cc2)C1. The Bertz CT molecular complexity index is 499. The minimum atomic E-state index is -0.564. The lowest BCUT2D eigenvalue weighted by Gasteiger charge is -2.36. The van der Waals surface area contributed by atoms with Crippen molar-refractivity contribution in [3.05, 3.63) is 29.8 Å².